The number of ketones is 1. The number of carbonyl (C=O) groups excluding carboxylic acids is 1. The fourth-order valence-electron chi connectivity index (χ4n) is 7.60. The zero-order valence-electron chi connectivity index (χ0n) is 31.6. The van der Waals surface area contributed by atoms with Gasteiger partial charge in [0.2, 0.25) is 5.43 Å². The van der Waals surface area contributed by atoms with Crippen LogP contribution in [0.3, 0.4) is 0 Å². The molecule has 0 amide bonds. The van der Waals surface area contributed by atoms with Crippen molar-refractivity contribution in [1.29, 1.82) is 0 Å². The van der Waals surface area contributed by atoms with E-state index in [1.165, 1.54) is 36.4 Å². The van der Waals surface area contributed by atoms with Crippen LogP contribution in [-0.2, 0) is 12.8 Å². The number of phenols is 8. The van der Waals surface area contributed by atoms with E-state index in [1.807, 2.05) is 27.7 Å². The number of fused-ring (bicyclic) bond motifs is 1. The largest absolute Gasteiger partial charge is 0.508 e. The highest BCUT2D eigenvalue weighted by atomic mass is 16.3. The van der Waals surface area contributed by atoms with E-state index in [0.717, 1.165) is 34.9 Å². The summed E-state index contributed by atoms with van der Waals surface area (Å²) in [4.78, 5) is 29.6. The number of rotatable bonds is 9. The van der Waals surface area contributed by atoms with Crippen molar-refractivity contribution in [3.05, 3.63) is 128 Å². The van der Waals surface area contributed by atoms with Crippen molar-refractivity contribution in [2.45, 2.75) is 65.7 Å². The summed E-state index contributed by atoms with van der Waals surface area (Å²) in [5.74, 6) is -6.93. The highest BCUT2D eigenvalue weighted by Crippen LogP contribution is 2.53. The van der Waals surface area contributed by atoms with Crippen LogP contribution < -0.4 is 5.43 Å². The lowest BCUT2D eigenvalue weighted by atomic mass is 9.65. The predicted molar refractivity (Wildman–Crippen MR) is 212 cm³/mol. The molecule has 0 aliphatic heterocycles. The molecule has 1 aromatic heterocycles. The Morgan fingerprint density at radius 1 is 0.732 bits per heavy atom. The summed E-state index contributed by atoms with van der Waals surface area (Å²) >= 11 is 0. The molecule has 0 bridgehead atoms. The first-order valence-electron chi connectivity index (χ1n) is 18.1. The van der Waals surface area contributed by atoms with Crippen molar-refractivity contribution in [3.63, 3.8) is 0 Å². The van der Waals surface area contributed by atoms with Gasteiger partial charge >= 0.3 is 0 Å². The summed E-state index contributed by atoms with van der Waals surface area (Å²) in [7, 11) is 0. The minimum absolute atomic E-state index is 0.0346. The summed E-state index contributed by atoms with van der Waals surface area (Å²) in [6.07, 6.45) is 5.64. The zero-order valence-corrected chi connectivity index (χ0v) is 31.6. The predicted octanol–water partition coefficient (Wildman–Crippen LogP) is 8.84. The van der Waals surface area contributed by atoms with E-state index < -0.39 is 52.0 Å². The molecule has 4 aromatic carbocycles. The molecule has 0 spiro atoms. The van der Waals surface area contributed by atoms with Gasteiger partial charge in [0.1, 0.15) is 62.7 Å². The normalized spacial score (nSPS) is 16.7. The van der Waals surface area contributed by atoms with Gasteiger partial charge in [-0.15, -0.1) is 0 Å². The number of allylic oxidation sites excluding steroid dienone is 6. The molecule has 56 heavy (non-hydrogen) atoms. The number of Topliss-reactive ketones (excluding diaryl/α,β-unsaturated/α-hetero) is 1. The first-order valence-corrected chi connectivity index (χ1v) is 18.1. The molecule has 1 heterocycles. The molecule has 8 N–H and O–H groups in total. The molecular formula is C45H44O11. The van der Waals surface area contributed by atoms with Gasteiger partial charge < -0.3 is 45.3 Å². The topological polar surface area (TPSA) is 209 Å². The second-order valence-electron chi connectivity index (χ2n) is 14.9. The summed E-state index contributed by atoms with van der Waals surface area (Å²) in [6, 6.07) is 11.4. The number of carbonyl (C=O) groups is 1. The van der Waals surface area contributed by atoms with Gasteiger partial charge in [0.25, 0.3) is 0 Å². The van der Waals surface area contributed by atoms with E-state index in [0.29, 0.717) is 0 Å². The van der Waals surface area contributed by atoms with Crippen molar-refractivity contribution in [2.24, 2.45) is 5.92 Å². The smallest absolute Gasteiger partial charge is 0.200 e. The first kappa shape index (κ1) is 39.1. The molecule has 11 heteroatoms. The molecule has 0 radical (unpaired) electrons. The van der Waals surface area contributed by atoms with Crippen LogP contribution in [0.4, 0.5) is 0 Å². The van der Waals surface area contributed by atoms with E-state index in [2.05, 4.69) is 0 Å². The maximum Gasteiger partial charge on any atom is 0.200 e. The third-order valence-electron chi connectivity index (χ3n) is 10.3. The molecule has 290 valence electrons. The van der Waals surface area contributed by atoms with Gasteiger partial charge in [-0.2, -0.15) is 0 Å². The van der Waals surface area contributed by atoms with Gasteiger partial charge in [0.15, 0.2) is 5.78 Å². The fraction of sp³-hybridized carbons (Fsp3) is 0.244. The maximum atomic E-state index is 15.1. The Bertz CT molecular complexity index is 2550. The number of benzene rings is 4. The van der Waals surface area contributed by atoms with Gasteiger partial charge in [-0.25, -0.2) is 0 Å². The van der Waals surface area contributed by atoms with Crippen LogP contribution in [0.2, 0.25) is 0 Å². The van der Waals surface area contributed by atoms with E-state index >= 15 is 4.79 Å². The zero-order chi connectivity index (χ0) is 40.7. The van der Waals surface area contributed by atoms with E-state index in [1.54, 1.807) is 25.2 Å². The second-order valence-corrected chi connectivity index (χ2v) is 14.9. The van der Waals surface area contributed by atoms with Crippen molar-refractivity contribution in [3.8, 4) is 57.3 Å². The number of hydrogen-bond donors (Lipinski definition) is 8. The molecular weight excluding hydrogens is 716 g/mol. The highest BCUT2D eigenvalue weighted by molar-refractivity contribution is 6.03. The molecule has 3 atom stereocenters. The van der Waals surface area contributed by atoms with Gasteiger partial charge in [-0.05, 0) is 89.8 Å². The lowest BCUT2D eigenvalue weighted by molar-refractivity contribution is 0.0877. The quantitative estimate of drug-likeness (QED) is 0.0526. The Hall–Kier alpha value is -6.62. The van der Waals surface area contributed by atoms with E-state index in [9.17, 15) is 45.6 Å². The van der Waals surface area contributed by atoms with Crippen LogP contribution in [0.5, 0.6) is 46.0 Å². The Kier molecular flexibility index (Phi) is 10.6. The van der Waals surface area contributed by atoms with Crippen molar-refractivity contribution >= 4 is 16.8 Å². The number of aromatic hydroxyl groups is 8. The van der Waals surface area contributed by atoms with Crippen LogP contribution in [0.1, 0.15) is 85.5 Å². The minimum Gasteiger partial charge on any atom is -0.508 e. The molecule has 0 unspecified atom stereocenters. The molecule has 11 nitrogen and oxygen atoms in total. The third kappa shape index (κ3) is 7.27. The molecule has 5 aromatic rings. The average molecular weight is 761 g/mol. The number of phenolic OH excluding ortho intramolecular Hbond substituents is 8. The second kappa shape index (κ2) is 15.3. The van der Waals surface area contributed by atoms with Gasteiger partial charge in [0, 0.05) is 52.6 Å². The molecule has 0 saturated heterocycles. The van der Waals surface area contributed by atoms with Crippen molar-refractivity contribution in [1.82, 2.24) is 0 Å². The van der Waals surface area contributed by atoms with E-state index in [-0.39, 0.29) is 92.4 Å². The highest BCUT2D eigenvalue weighted by Gasteiger charge is 2.44. The molecule has 0 saturated carbocycles. The Morgan fingerprint density at radius 3 is 1.98 bits per heavy atom. The Labute approximate surface area is 322 Å². The molecule has 1 aliphatic rings. The Balaban J connectivity index is 1.69. The van der Waals surface area contributed by atoms with Crippen LogP contribution in [-0.4, -0.2) is 46.6 Å². The lowest BCUT2D eigenvalue weighted by Crippen LogP contribution is -2.32. The van der Waals surface area contributed by atoms with Crippen LogP contribution in [0, 0.1) is 5.92 Å². The third-order valence-corrected chi connectivity index (χ3v) is 10.3. The standard InChI is InChI=1S/C45H44O11/c1-21(2)6-10-27-33(48)15-14-29(41(27)53)42(54)38-31(26-12-8-24(46)18-34(26)49)16-23(5)17-32(38)39-36(51)20-37(52)40-43(55)30(11-7-22(3)4)44(56-45(39)40)28-13-9-25(47)19-35(28)50/h6-9,12-15,17-20,31-32,38,46-53H,10-11,16H2,1-5H3/t31-,32-,38-/m0/s1. The maximum absolute atomic E-state index is 15.1. The summed E-state index contributed by atoms with van der Waals surface area (Å²) in [5.41, 5.74) is 1.85. The molecule has 1 aliphatic carbocycles. The van der Waals surface area contributed by atoms with Crippen molar-refractivity contribution < 1.29 is 50.1 Å². The number of hydrogen-bond acceptors (Lipinski definition) is 11. The monoisotopic (exact) mass is 760 g/mol. The van der Waals surface area contributed by atoms with Crippen LogP contribution >= 0.6 is 0 Å². The SMILES string of the molecule is CC(C)=CCc1c(O)ccc(C(=O)[C@@H]2[C@@H](c3c(O)cc(O)c4c(=O)c(CC=C(C)C)c(-c5ccc(O)cc5O)oc34)C=C(C)C[C@H]2c2ccc(O)cc2O)c1O. The first-order chi connectivity index (χ1) is 26.5. The Morgan fingerprint density at radius 2 is 1.36 bits per heavy atom. The fourth-order valence-corrected chi connectivity index (χ4v) is 7.60. The van der Waals surface area contributed by atoms with Gasteiger partial charge in [-0.3, -0.25) is 9.59 Å². The van der Waals surface area contributed by atoms with Gasteiger partial charge in [0.05, 0.1) is 11.1 Å². The lowest BCUT2D eigenvalue weighted by Gasteiger charge is -2.37. The van der Waals surface area contributed by atoms with Gasteiger partial charge in [-0.1, -0.05) is 41.0 Å². The average Bonchev–Trinajstić information content (AvgIpc) is 3.10. The van der Waals surface area contributed by atoms with Crippen molar-refractivity contribution in [2.75, 3.05) is 0 Å². The van der Waals surface area contributed by atoms with Crippen LogP contribution in [0.25, 0.3) is 22.3 Å². The summed E-state index contributed by atoms with van der Waals surface area (Å²) < 4.78 is 6.52. The molecule has 6 rings (SSSR count). The van der Waals surface area contributed by atoms with E-state index in [4.69, 9.17) is 4.42 Å². The minimum atomic E-state index is -1.24. The van der Waals surface area contributed by atoms with Crippen LogP contribution in [0.15, 0.2) is 98.8 Å². The molecule has 0 fully saturated rings. The summed E-state index contributed by atoms with van der Waals surface area (Å²) in [5, 5.41) is 87.4. The summed E-state index contributed by atoms with van der Waals surface area (Å²) in [6.45, 7) is 9.17.